The number of rotatable bonds is 7. The molecule has 3 fully saturated rings. The van der Waals surface area contributed by atoms with Gasteiger partial charge in [0.2, 0.25) is 0 Å². The van der Waals surface area contributed by atoms with Crippen LogP contribution in [0, 0.1) is 17.3 Å². The van der Waals surface area contributed by atoms with E-state index in [0.717, 1.165) is 12.8 Å². The van der Waals surface area contributed by atoms with E-state index in [9.17, 15) is 14.4 Å². The zero-order valence-corrected chi connectivity index (χ0v) is 22.9. The molecule has 2 bridgehead atoms. The van der Waals surface area contributed by atoms with Crippen molar-refractivity contribution in [3.63, 3.8) is 0 Å². The lowest BCUT2D eigenvalue weighted by molar-refractivity contribution is -0.184. The average molecular weight is 529 g/mol. The predicted octanol–water partition coefficient (Wildman–Crippen LogP) is 6.43. The van der Waals surface area contributed by atoms with Crippen LogP contribution in [-0.4, -0.2) is 41.8 Å². The first kappa shape index (κ1) is 26.3. The third kappa shape index (κ3) is 4.37. The summed E-state index contributed by atoms with van der Waals surface area (Å²) in [5.74, 6) is -1.31. The molecule has 5 nitrogen and oxygen atoms in total. The minimum absolute atomic E-state index is 0.0620. The molecule has 3 aromatic rings. The van der Waals surface area contributed by atoms with Gasteiger partial charge in [-0.25, -0.2) is 9.59 Å². The van der Waals surface area contributed by atoms with Crippen molar-refractivity contribution in [2.45, 2.75) is 44.1 Å². The molecule has 3 saturated carbocycles. The SMILES string of the molecule is CPC12CCC(C)(C(C)C1C(=O)c1ccccc1)C(OC(=O)c1ccccc1)C2OC(=O)c1ccccc1. The van der Waals surface area contributed by atoms with Gasteiger partial charge in [-0.05, 0) is 49.7 Å². The van der Waals surface area contributed by atoms with Crippen LogP contribution in [0.3, 0.4) is 0 Å². The van der Waals surface area contributed by atoms with Gasteiger partial charge in [-0.3, -0.25) is 4.79 Å². The fraction of sp³-hybridized carbons (Fsp3) is 0.344. The van der Waals surface area contributed by atoms with Crippen molar-refractivity contribution in [3.05, 3.63) is 108 Å². The summed E-state index contributed by atoms with van der Waals surface area (Å²) in [6.45, 7) is 6.25. The largest absolute Gasteiger partial charge is 0.454 e. The molecule has 6 heteroatoms. The lowest BCUT2D eigenvalue weighted by Gasteiger charge is -2.65. The Labute approximate surface area is 225 Å². The molecule has 7 atom stereocenters. The maximum atomic E-state index is 14.1. The second-order valence-corrected chi connectivity index (χ2v) is 12.1. The highest BCUT2D eigenvalue weighted by molar-refractivity contribution is 7.39. The zero-order chi connectivity index (χ0) is 26.9. The standard InChI is InChI=1S/C32H33O5P/c1-21-25(26(33)22-13-7-4-8-14-22)32(38-3)20-19-31(21,2)27(36-29(34)23-15-9-5-10-16-23)28(32)37-30(35)24-17-11-6-12-18-24/h4-18,21,25,27-28,38H,19-20H2,1-3H3. The topological polar surface area (TPSA) is 69.7 Å². The van der Waals surface area contributed by atoms with E-state index >= 15 is 0 Å². The highest BCUT2D eigenvalue weighted by atomic mass is 31.1. The Morgan fingerprint density at radius 1 is 0.711 bits per heavy atom. The number of hydrogen-bond donors (Lipinski definition) is 0. The van der Waals surface area contributed by atoms with Crippen LogP contribution >= 0.6 is 8.58 Å². The maximum absolute atomic E-state index is 14.1. The fourth-order valence-electron chi connectivity index (χ4n) is 6.57. The summed E-state index contributed by atoms with van der Waals surface area (Å²) < 4.78 is 12.6. The monoisotopic (exact) mass is 528 g/mol. The molecular weight excluding hydrogens is 495 g/mol. The Balaban J connectivity index is 1.59. The average Bonchev–Trinajstić information content (AvgIpc) is 2.96. The normalized spacial score (nSPS) is 30.2. The van der Waals surface area contributed by atoms with E-state index in [-0.39, 0.29) is 17.6 Å². The molecule has 38 heavy (non-hydrogen) atoms. The molecule has 3 aliphatic rings. The number of fused-ring (bicyclic) bond motifs is 3. The Bertz CT molecular complexity index is 1310. The minimum atomic E-state index is -0.751. The Kier molecular flexibility index (Phi) is 7.24. The second kappa shape index (κ2) is 10.5. The van der Waals surface area contributed by atoms with Gasteiger partial charge in [-0.2, -0.15) is 0 Å². The lowest BCUT2D eigenvalue weighted by Crippen LogP contribution is -2.72. The van der Waals surface area contributed by atoms with Gasteiger partial charge in [-0.15, -0.1) is 8.58 Å². The van der Waals surface area contributed by atoms with Gasteiger partial charge in [-0.1, -0.05) is 80.6 Å². The molecule has 0 N–H and O–H groups in total. The number of benzene rings is 3. The predicted molar refractivity (Wildman–Crippen MR) is 149 cm³/mol. The van der Waals surface area contributed by atoms with E-state index in [0.29, 0.717) is 25.3 Å². The molecule has 3 aliphatic carbocycles. The molecular formula is C32H33O5P. The first-order valence-corrected chi connectivity index (χ1v) is 14.6. The first-order valence-electron chi connectivity index (χ1n) is 13.1. The summed E-state index contributed by atoms with van der Waals surface area (Å²) in [5.41, 5.74) is 0.982. The third-order valence-corrected chi connectivity index (χ3v) is 10.7. The molecule has 0 radical (unpaired) electrons. The molecule has 0 saturated heterocycles. The van der Waals surface area contributed by atoms with Crippen LogP contribution < -0.4 is 0 Å². The van der Waals surface area contributed by atoms with Crippen molar-refractivity contribution in [3.8, 4) is 0 Å². The van der Waals surface area contributed by atoms with Crippen LogP contribution in [0.2, 0.25) is 0 Å². The molecule has 196 valence electrons. The summed E-state index contributed by atoms with van der Waals surface area (Å²) in [6, 6.07) is 27.1. The van der Waals surface area contributed by atoms with Crippen molar-refractivity contribution < 1.29 is 23.9 Å². The molecule has 0 spiro atoms. The number of carbonyl (C=O) groups excluding carboxylic acids is 3. The van der Waals surface area contributed by atoms with Crippen molar-refractivity contribution in [2.75, 3.05) is 6.66 Å². The number of ether oxygens (including phenoxy) is 2. The lowest BCUT2D eigenvalue weighted by atomic mass is 9.47. The number of ketones is 1. The third-order valence-electron chi connectivity index (χ3n) is 8.90. The van der Waals surface area contributed by atoms with Gasteiger partial charge < -0.3 is 9.47 Å². The molecule has 6 rings (SSSR count). The molecule has 3 aromatic carbocycles. The van der Waals surface area contributed by atoms with Gasteiger partial charge in [0.25, 0.3) is 0 Å². The van der Waals surface area contributed by atoms with Crippen LogP contribution in [0.15, 0.2) is 91.0 Å². The zero-order valence-electron chi connectivity index (χ0n) is 21.9. The van der Waals surface area contributed by atoms with Crippen LogP contribution in [-0.2, 0) is 9.47 Å². The van der Waals surface area contributed by atoms with E-state index in [1.54, 1.807) is 48.5 Å². The summed E-state index contributed by atoms with van der Waals surface area (Å²) >= 11 is 0. The van der Waals surface area contributed by atoms with E-state index in [4.69, 9.17) is 9.47 Å². The van der Waals surface area contributed by atoms with Gasteiger partial charge in [0.15, 0.2) is 5.78 Å². The maximum Gasteiger partial charge on any atom is 0.338 e. The Morgan fingerprint density at radius 2 is 1.16 bits per heavy atom. The molecule has 0 heterocycles. The highest BCUT2D eigenvalue weighted by Gasteiger charge is 2.70. The second-order valence-electron chi connectivity index (χ2n) is 10.7. The van der Waals surface area contributed by atoms with Gasteiger partial charge in [0, 0.05) is 22.1 Å². The van der Waals surface area contributed by atoms with Crippen molar-refractivity contribution >= 4 is 26.3 Å². The minimum Gasteiger partial charge on any atom is -0.454 e. The van der Waals surface area contributed by atoms with E-state index in [1.165, 1.54) is 0 Å². The smallest absolute Gasteiger partial charge is 0.338 e. The number of carbonyl (C=O) groups is 3. The number of hydrogen-bond acceptors (Lipinski definition) is 5. The van der Waals surface area contributed by atoms with Crippen LogP contribution in [0.4, 0.5) is 0 Å². The highest BCUT2D eigenvalue weighted by Crippen LogP contribution is 2.66. The summed E-state index contributed by atoms with van der Waals surface area (Å²) in [5, 5.41) is -0.643. The quantitative estimate of drug-likeness (QED) is 0.201. The Morgan fingerprint density at radius 3 is 1.63 bits per heavy atom. The molecule has 7 unspecified atom stereocenters. The summed E-state index contributed by atoms with van der Waals surface area (Å²) in [4.78, 5) is 40.9. The Hall–Kier alpha value is -3.30. The molecule has 0 aliphatic heterocycles. The van der Waals surface area contributed by atoms with E-state index in [2.05, 4.69) is 20.5 Å². The van der Waals surface area contributed by atoms with Crippen molar-refractivity contribution in [1.29, 1.82) is 0 Å². The molecule has 0 aromatic heterocycles. The summed E-state index contributed by atoms with van der Waals surface area (Å²) in [6.07, 6.45) is 0.0652. The van der Waals surface area contributed by atoms with Crippen molar-refractivity contribution in [2.24, 2.45) is 17.3 Å². The summed E-state index contributed by atoms with van der Waals surface area (Å²) in [7, 11) is 0.303. The van der Waals surface area contributed by atoms with Gasteiger partial charge in [0.1, 0.15) is 12.2 Å². The number of Topliss-reactive ketones (excluding diaryl/α,β-unsaturated/α-hetero) is 1. The fourth-order valence-corrected chi connectivity index (χ4v) is 8.13. The van der Waals surface area contributed by atoms with Gasteiger partial charge >= 0.3 is 11.9 Å². The van der Waals surface area contributed by atoms with E-state index in [1.807, 2.05) is 42.5 Å². The van der Waals surface area contributed by atoms with Crippen LogP contribution in [0.1, 0.15) is 57.8 Å². The van der Waals surface area contributed by atoms with Crippen LogP contribution in [0.25, 0.3) is 0 Å². The van der Waals surface area contributed by atoms with Crippen molar-refractivity contribution in [1.82, 2.24) is 0 Å². The van der Waals surface area contributed by atoms with Gasteiger partial charge in [0.05, 0.1) is 11.1 Å². The number of esters is 2. The van der Waals surface area contributed by atoms with Crippen LogP contribution in [0.5, 0.6) is 0 Å². The molecule has 0 amide bonds. The van der Waals surface area contributed by atoms with E-state index < -0.39 is 34.7 Å². The first-order chi connectivity index (χ1) is 18.3.